The van der Waals surface area contributed by atoms with Crippen molar-refractivity contribution >= 4 is 5.69 Å². The van der Waals surface area contributed by atoms with E-state index in [1.165, 1.54) is 6.33 Å². The molecule has 1 saturated heterocycles. The first-order valence-corrected chi connectivity index (χ1v) is 4.43. The molecule has 0 amide bonds. The Morgan fingerprint density at radius 3 is 3.08 bits per heavy atom. The monoisotopic (exact) mass is 178 g/mol. The molecule has 1 radical (unpaired) electrons. The normalized spacial score (nSPS) is 17.4. The molecular weight excluding hydrogens is 166 g/mol. The van der Waals surface area contributed by atoms with Crippen molar-refractivity contribution in [3.8, 4) is 5.88 Å². The average Bonchev–Trinajstić information content (AvgIpc) is 2.20. The molecule has 0 aromatic carbocycles. The zero-order valence-corrected chi connectivity index (χ0v) is 7.35. The average molecular weight is 178 g/mol. The first kappa shape index (κ1) is 8.29. The fourth-order valence-electron chi connectivity index (χ4n) is 1.52. The highest BCUT2D eigenvalue weighted by atomic mass is 16.3. The molecule has 0 saturated carbocycles. The maximum Gasteiger partial charge on any atom is 0.238 e. The first-order valence-electron chi connectivity index (χ1n) is 4.43. The van der Waals surface area contributed by atoms with Gasteiger partial charge >= 0.3 is 0 Å². The van der Waals surface area contributed by atoms with Crippen LogP contribution in [0.3, 0.4) is 0 Å². The van der Waals surface area contributed by atoms with Gasteiger partial charge in [0.05, 0.1) is 6.20 Å². The molecule has 0 bridgehead atoms. The topological polar surface area (TPSA) is 49.3 Å². The fourth-order valence-corrected chi connectivity index (χ4v) is 1.52. The summed E-state index contributed by atoms with van der Waals surface area (Å²) in [5.74, 6) is 0.0744. The van der Waals surface area contributed by atoms with E-state index in [1.54, 1.807) is 6.20 Å². The Balaban J connectivity index is 2.18. The lowest BCUT2D eigenvalue weighted by Gasteiger charge is -2.27. The highest BCUT2D eigenvalue weighted by Crippen LogP contribution is 2.25. The van der Waals surface area contributed by atoms with E-state index >= 15 is 0 Å². The number of hydrogen-bond donors (Lipinski definition) is 1. The minimum absolute atomic E-state index is 0.0744. The molecular formula is C9H12N3O. The quantitative estimate of drug-likeness (QED) is 0.696. The van der Waals surface area contributed by atoms with Crippen LogP contribution in [-0.4, -0.2) is 28.2 Å². The van der Waals surface area contributed by atoms with Gasteiger partial charge < -0.3 is 10.0 Å². The SMILES string of the molecule is Oc1ncncc1N1C[CH]CCC1. The van der Waals surface area contributed by atoms with E-state index in [0.717, 1.165) is 31.6 Å². The molecule has 69 valence electrons. The third-order valence-electron chi connectivity index (χ3n) is 2.20. The van der Waals surface area contributed by atoms with Crippen molar-refractivity contribution in [1.82, 2.24) is 9.97 Å². The van der Waals surface area contributed by atoms with E-state index in [-0.39, 0.29) is 5.88 Å². The second-order valence-corrected chi connectivity index (χ2v) is 3.11. The molecule has 1 fully saturated rings. The number of rotatable bonds is 1. The van der Waals surface area contributed by atoms with E-state index in [0.29, 0.717) is 0 Å². The number of hydrogen-bond acceptors (Lipinski definition) is 4. The Hall–Kier alpha value is -1.32. The summed E-state index contributed by atoms with van der Waals surface area (Å²) in [6.45, 7) is 1.85. The van der Waals surface area contributed by atoms with Crippen LogP contribution in [0.15, 0.2) is 12.5 Å². The predicted molar refractivity (Wildman–Crippen MR) is 49.4 cm³/mol. The molecule has 13 heavy (non-hydrogen) atoms. The molecule has 4 heteroatoms. The second-order valence-electron chi connectivity index (χ2n) is 3.11. The van der Waals surface area contributed by atoms with Crippen LogP contribution in [0.4, 0.5) is 5.69 Å². The summed E-state index contributed by atoms with van der Waals surface area (Å²) < 4.78 is 0. The summed E-state index contributed by atoms with van der Waals surface area (Å²) in [7, 11) is 0. The predicted octanol–water partition coefficient (Wildman–Crippen LogP) is 0.987. The van der Waals surface area contributed by atoms with Crippen LogP contribution in [0.5, 0.6) is 5.88 Å². The van der Waals surface area contributed by atoms with Crippen molar-refractivity contribution in [3.63, 3.8) is 0 Å². The summed E-state index contributed by atoms with van der Waals surface area (Å²) in [5, 5.41) is 9.46. The smallest absolute Gasteiger partial charge is 0.238 e. The fraction of sp³-hybridized carbons (Fsp3) is 0.444. The zero-order valence-electron chi connectivity index (χ0n) is 7.35. The van der Waals surface area contributed by atoms with Crippen LogP contribution in [0.25, 0.3) is 0 Å². The highest BCUT2D eigenvalue weighted by Gasteiger charge is 2.14. The molecule has 0 unspecified atom stereocenters. The van der Waals surface area contributed by atoms with Crippen molar-refractivity contribution in [2.75, 3.05) is 18.0 Å². The molecule has 1 N–H and O–H groups in total. The second kappa shape index (κ2) is 3.60. The van der Waals surface area contributed by atoms with E-state index in [2.05, 4.69) is 21.3 Å². The third kappa shape index (κ3) is 1.71. The van der Waals surface area contributed by atoms with Crippen molar-refractivity contribution < 1.29 is 5.11 Å². The van der Waals surface area contributed by atoms with E-state index in [1.807, 2.05) is 0 Å². The van der Waals surface area contributed by atoms with Gasteiger partial charge in [-0.15, -0.1) is 0 Å². The summed E-state index contributed by atoms with van der Waals surface area (Å²) in [4.78, 5) is 9.72. The highest BCUT2D eigenvalue weighted by molar-refractivity contribution is 5.52. The minimum Gasteiger partial charge on any atom is -0.492 e. The van der Waals surface area contributed by atoms with E-state index in [4.69, 9.17) is 0 Å². The van der Waals surface area contributed by atoms with Gasteiger partial charge in [0.15, 0.2) is 0 Å². The largest absolute Gasteiger partial charge is 0.492 e. The van der Waals surface area contributed by atoms with Crippen molar-refractivity contribution in [2.24, 2.45) is 0 Å². The van der Waals surface area contributed by atoms with Crippen molar-refractivity contribution in [1.29, 1.82) is 0 Å². The lowest BCUT2D eigenvalue weighted by atomic mass is 10.1. The molecule has 2 rings (SSSR count). The number of aromatic hydroxyl groups is 1. The Kier molecular flexibility index (Phi) is 2.29. The van der Waals surface area contributed by atoms with E-state index in [9.17, 15) is 5.11 Å². The molecule has 2 heterocycles. The molecule has 1 aromatic heterocycles. The van der Waals surface area contributed by atoms with Crippen LogP contribution >= 0.6 is 0 Å². The number of nitrogens with zero attached hydrogens (tertiary/aromatic N) is 3. The van der Waals surface area contributed by atoms with Gasteiger partial charge in [-0.3, -0.25) is 0 Å². The lowest BCUT2D eigenvalue weighted by molar-refractivity contribution is 0.449. The Bertz CT molecular complexity index is 284. The van der Waals surface area contributed by atoms with Gasteiger partial charge in [0.2, 0.25) is 5.88 Å². The van der Waals surface area contributed by atoms with Gasteiger partial charge in [-0.25, -0.2) is 9.97 Å². The molecule has 0 spiro atoms. The van der Waals surface area contributed by atoms with Crippen LogP contribution in [0.1, 0.15) is 12.8 Å². The van der Waals surface area contributed by atoms with Gasteiger partial charge in [-0.1, -0.05) is 0 Å². The summed E-state index contributed by atoms with van der Waals surface area (Å²) in [6, 6.07) is 0. The van der Waals surface area contributed by atoms with Crippen molar-refractivity contribution in [2.45, 2.75) is 12.8 Å². The van der Waals surface area contributed by atoms with E-state index < -0.39 is 0 Å². The number of piperidine rings is 1. The molecule has 1 aliphatic rings. The van der Waals surface area contributed by atoms with Gasteiger partial charge in [0.25, 0.3) is 0 Å². The van der Waals surface area contributed by atoms with Gasteiger partial charge in [-0.05, 0) is 19.3 Å². The first-order chi connectivity index (χ1) is 6.38. The summed E-state index contributed by atoms with van der Waals surface area (Å²) in [5.41, 5.74) is 0.735. The Morgan fingerprint density at radius 1 is 1.46 bits per heavy atom. The van der Waals surface area contributed by atoms with Crippen molar-refractivity contribution in [3.05, 3.63) is 18.9 Å². The summed E-state index contributed by atoms with van der Waals surface area (Å²) in [6.07, 6.45) is 7.50. The molecule has 1 aliphatic heterocycles. The summed E-state index contributed by atoms with van der Waals surface area (Å²) >= 11 is 0. The molecule has 1 aromatic rings. The molecule has 0 atom stereocenters. The van der Waals surface area contributed by atoms with Crippen LogP contribution in [-0.2, 0) is 0 Å². The van der Waals surface area contributed by atoms with Crippen LogP contribution < -0.4 is 4.90 Å². The number of anilines is 1. The maximum atomic E-state index is 9.46. The van der Waals surface area contributed by atoms with Crippen LogP contribution in [0.2, 0.25) is 0 Å². The molecule has 4 nitrogen and oxygen atoms in total. The Labute approximate surface area is 77.2 Å². The maximum absolute atomic E-state index is 9.46. The third-order valence-corrected chi connectivity index (χ3v) is 2.20. The molecule has 0 aliphatic carbocycles. The van der Waals surface area contributed by atoms with Gasteiger partial charge in [0.1, 0.15) is 12.0 Å². The lowest BCUT2D eigenvalue weighted by Crippen LogP contribution is -2.30. The minimum atomic E-state index is 0.0744. The number of aromatic nitrogens is 2. The van der Waals surface area contributed by atoms with Gasteiger partial charge in [0, 0.05) is 13.1 Å². The van der Waals surface area contributed by atoms with Gasteiger partial charge in [-0.2, -0.15) is 0 Å². The standard InChI is InChI=1S/C9H12N3O/c13-9-8(6-10-7-11-9)12-4-2-1-3-5-12/h2,6-7H,1,3-5H2,(H,10,11,13). The zero-order chi connectivity index (χ0) is 9.10. The Morgan fingerprint density at radius 2 is 2.38 bits per heavy atom. The van der Waals surface area contributed by atoms with Crippen LogP contribution in [0, 0.1) is 6.42 Å².